The Morgan fingerprint density at radius 3 is 2.30 bits per heavy atom. The molecule has 1 N–H and O–H groups in total. The second-order valence-corrected chi connectivity index (χ2v) is 8.15. The van der Waals surface area contributed by atoms with Crippen molar-refractivity contribution in [3.8, 4) is 0 Å². The molecule has 0 aromatic heterocycles. The van der Waals surface area contributed by atoms with Gasteiger partial charge in [-0.25, -0.2) is 0 Å². The number of hydrogen-bond donors (Lipinski definition) is 1. The summed E-state index contributed by atoms with van der Waals surface area (Å²) in [7, 11) is 0. The van der Waals surface area contributed by atoms with Gasteiger partial charge in [0.15, 0.2) is 0 Å². The van der Waals surface area contributed by atoms with Gasteiger partial charge in [0, 0.05) is 0 Å². The molecule has 0 aromatic carbocycles. The molecular weight excluding hydrogens is 242 g/mol. The molecule has 2 aliphatic rings. The zero-order valence-corrected chi connectivity index (χ0v) is 14.2. The molecule has 1 nitrogen and oxygen atoms in total. The van der Waals surface area contributed by atoms with Gasteiger partial charge in [-0.05, 0) is 55.5 Å². The Bertz CT molecular complexity index is 252. The Morgan fingerprint density at radius 2 is 1.65 bits per heavy atom. The molecule has 2 rings (SSSR count). The minimum atomic E-state index is 0.786. The van der Waals surface area contributed by atoms with Gasteiger partial charge in [0.25, 0.3) is 0 Å². The van der Waals surface area contributed by atoms with E-state index in [1.165, 1.54) is 70.9 Å². The minimum absolute atomic E-state index is 0.786. The first-order valence-corrected chi connectivity index (χ1v) is 9.37. The topological polar surface area (TPSA) is 12.0 Å². The van der Waals surface area contributed by atoms with Crippen LogP contribution in [0.15, 0.2) is 0 Å². The van der Waals surface area contributed by atoms with E-state index in [2.05, 4.69) is 26.1 Å². The highest BCUT2D eigenvalue weighted by Gasteiger charge is 2.34. The smallest absolute Gasteiger partial charge is 0.00176 e. The van der Waals surface area contributed by atoms with Crippen LogP contribution in [0.3, 0.4) is 0 Å². The maximum atomic E-state index is 3.75. The van der Waals surface area contributed by atoms with E-state index in [1.807, 2.05) is 0 Å². The molecule has 0 heterocycles. The fraction of sp³-hybridized carbons (Fsp3) is 1.00. The largest absolute Gasteiger partial charge is 0.316 e. The molecular formula is C19H37N. The first-order chi connectivity index (χ1) is 9.66. The van der Waals surface area contributed by atoms with Crippen LogP contribution < -0.4 is 5.32 Å². The Morgan fingerprint density at radius 1 is 0.950 bits per heavy atom. The van der Waals surface area contributed by atoms with Crippen molar-refractivity contribution in [2.24, 2.45) is 29.6 Å². The van der Waals surface area contributed by atoms with Crippen molar-refractivity contribution in [1.29, 1.82) is 0 Å². The van der Waals surface area contributed by atoms with E-state index in [-0.39, 0.29) is 0 Å². The molecule has 0 spiro atoms. The summed E-state index contributed by atoms with van der Waals surface area (Å²) in [5.41, 5.74) is 0. The molecule has 0 amide bonds. The van der Waals surface area contributed by atoms with Crippen molar-refractivity contribution in [3.05, 3.63) is 0 Å². The molecule has 0 aromatic rings. The van der Waals surface area contributed by atoms with Crippen molar-refractivity contribution in [3.63, 3.8) is 0 Å². The molecule has 0 aliphatic heterocycles. The summed E-state index contributed by atoms with van der Waals surface area (Å²) in [6.07, 6.45) is 13.5. The Hall–Kier alpha value is -0.0400. The SMILES string of the molecule is CC(C)CNCC1CCC(C)CC1C1CCCCCC1. The lowest BCUT2D eigenvalue weighted by molar-refractivity contribution is 0.114. The van der Waals surface area contributed by atoms with E-state index in [0.29, 0.717) is 0 Å². The first-order valence-electron chi connectivity index (χ1n) is 9.37. The molecule has 118 valence electrons. The second-order valence-electron chi connectivity index (χ2n) is 8.15. The first kappa shape index (κ1) is 16.3. The van der Waals surface area contributed by atoms with Gasteiger partial charge in [0.2, 0.25) is 0 Å². The predicted molar refractivity (Wildman–Crippen MR) is 88.9 cm³/mol. The van der Waals surface area contributed by atoms with Gasteiger partial charge in [0.05, 0.1) is 0 Å². The van der Waals surface area contributed by atoms with Crippen molar-refractivity contribution in [2.75, 3.05) is 13.1 Å². The van der Waals surface area contributed by atoms with Crippen LogP contribution in [-0.2, 0) is 0 Å². The van der Waals surface area contributed by atoms with Crippen LogP contribution in [0.5, 0.6) is 0 Å². The van der Waals surface area contributed by atoms with E-state index in [9.17, 15) is 0 Å². The van der Waals surface area contributed by atoms with Gasteiger partial charge in [0.1, 0.15) is 0 Å². The molecule has 0 bridgehead atoms. The molecule has 2 saturated carbocycles. The lowest BCUT2D eigenvalue weighted by atomic mass is 9.67. The van der Waals surface area contributed by atoms with Crippen LogP contribution >= 0.6 is 0 Å². The van der Waals surface area contributed by atoms with E-state index < -0.39 is 0 Å². The van der Waals surface area contributed by atoms with Crippen LogP contribution in [-0.4, -0.2) is 13.1 Å². The Kier molecular flexibility index (Phi) is 6.87. The summed E-state index contributed by atoms with van der Waals surface area (Å²) in [6, 6.07) is 0. The molecule has 3 atom stereocenters. The summed E-state index contributed by atoms with van der Waals surface area (Å²) in [6.45, 7) is 9.61. The monoisotopic (exact) mass is 279 g/mol. The zero-order chi connectivity index (χ0) is 14.4. The van der Waals surface area contributed by atoms with Crippen LogP contribution in [0.1, 0.15) is 78.6 Å². The van der Waals surface area contributed by atoms with E-state index in [1.54, 1.807) is 0 Å². The van der Waals surface area contributed by atoms with Crippen LogP contribution in [0.4, 0.5) is 0 Å². The summed E-state index contributed by atoms with van der Waals surface area (Å²) < 4.78 is 0. The lowest BCUT2D eigenvalue weighted by Crippen LogP contribution is -2.37. The normalized spacial score (nSPS) is 33.3. The number of rotatable bonds is 5. The van der Waals surface area contributed by atoms with Gasteiger partial charge in [-0.2, -0.15) is 0 Å². The molecule has 0 radical (unpaired) electrons. The van der Waals surface area contributed by atoms with Crippen molar-refractivity contribution in [2.45, 2.75) is 78.6 Å². The quantitative estimate of drug-likeness (QED) is 0.677. The van der Waals surface area contributed by atoms with Crippen LogP contribution in [0, 0.1) is 29.6 Å². The average Bonchev–Trinajstić information content (AvgIpc) is 2.69. The van der Waals surface area contributed by atoms with Crippen LogP contribution in [0.25, 0.3) is 0 Å². The van der Waals surface area contributed by atoms with Crippen LogP contribution in [0.2, 0.25) is 0 Å². The summed E-state index contributed by atoms with van der Waals surface area (Å²) in [5, 5.41) is 3.75. The van der Waals surface area contributed by atoms with E-state index in [0.717, 1.165) is 29.6 Å². The number of nitrogens with one attached hydrogen (secondary N) is 1. The van der Waals surface area contributed by atoms with Crippen molar-refractivity contribution in [1.82, 2.24) is 5.32 Å². The zero-order valence-electron chi connectivity index (χ0n) is 14.2. The second kappa shape index (κ2) is 8.41. The number of hydrogen-bond acceptors (Lipinski definition) is 1. The lowest BCUT2D eigenvalue weighted by Gasteiger charge is -2.40. The Labute approximate surface area is 127 Å². The molecule has 20 heavy (non-hydrogen) atoms. The molecule has 2 aliphatic carbocycles. The maximum Gasteiger partial charge on any atom is -0.00176 e. The average molecular weight is 280 g/mol. The molecule has 0 saturated heterocycles. The third-order valence-electron chi connectivity index (χ3n) is 5.77. The van der Waals surface area contributed by atoms with Gasteiger partial charge >= 0.3 is 0 Å². The maximum absolute atomic E-state index is 3.75. The standard InChI is InChI=1S/C19H37N/c1-15(2)13-20-14-18-11-10-16(3)12-19(18)17-8-6-4-5-7-9-17/h15-20H,4-14H2,1-3H3. The summed E-state index contributed by atoms with van der Waals surface area (Å²) >= 11 is 0. The molecule has 2 fully saturated rings. The molecule has 3 unspecified atom stereocenters. The third kappa shape index (κ3) is 5.06. The van der Waals surface area contributed by atoms with E-state index in [4.69, 9.17) is 0 Å². The summed E-state index contributed by atoms with van der Waals surface area (Å²) in [4.78, 5) is 0. The molecule has 1 heteroatoms. The minimum Gasteiger partial charge on any atom is -0.316 e. The fourth-order valence-electron chi connectivity index (χ4n) is 4.61. The fourth-order valence-corrected chi connectivity index (χ4v) is 4.61. The highest BCUT2D eigenvalue weighted by molar-refractivity contribution is 4.85. The van der Waals surface area contributed by atoms with E-state index >= 15 is 0 Å². The van der Waals surface area contributed by atoms with Crippen molar-refractivity contribution < 1.29 is 0 Å². The third-order valence-corrected chi connectivity index (χ3v) is 5.77. The van der Waals surface area contributed by atoms with Crippen molar-refractivity contribution >= 4 is 0 Å². The predicted octanol–water partition coefficient (Wildman–Crippen LogP) is 5.25. The highest BCUT2D eigenvalue weighted by atomic mass is 14.9. The van der Waals surface area contributed by atoms with Gasteiger partial charge in [-0.3, -0.25) is 0 Å². The highest BCUT2D eigenvalue weighted by Crippen LogP contribution is 2.42. The van der Waals surface area contributed by atoms with Gasteiger partial charge in [-0.1, -0.05) is 65.7 Å². The van der Waals surface area contributed by atoms with Gasteiger partial charge in [-0.15, -0.1) is 0 Å². The van der Waals surface area contributed by atoms with Gasteiger partial charge < -0.3 is 5.32 Å². The Balaban J connectivity index is 1.89. The summed E-state index contributed by atoms with van der Waals surface area (Å²) in [5.74, 6) is 4.80.